The van der Waals surface area contributed by atoms with Crippen LogP contribution in [-0.2, 0) is 4.79 Å². The number of nitrogens with one attached hydrogen (secondary N) is 1. The minimum Gasteiger partial charge on any atom is -0.481 e. The highest BCUT2D eigenvalue weighted by molar-refractivity contribution is 8.00. The maximum Gasteiger partial charge on any atom is 0.317 e. The molecule has 0 unspecified atom stereocenters. The van der Waals surface area contributed by atoms with Crippen molar-refractivity contribution in [2.75, 3.05) is 18.8 Å². The fourth-order valence-electron chi connectivity index (χ4n) is 1.98. The van der Waals surface area contributed by atoms with E-state index in [2.05, 4.69) is 19.2 Å². The van der Waals surface area contributed by atoms with Gasteiger partial charge in [-0.25, -0.2) is 4.79 Å². The third-order valence-electron chi connectivity index (χ3n) is 2.75. The van der Waals surface area contributed by atoms with Gasteiger partial charge in [-0.1, -0.05) is 0 Å². The van der Waals surface area contributed by atoms with Crippen LogP contribution in [-0.4, -0.2) is 51.1 Å². The molecule has 0 radical (unpaired) electrons. The van der Waals surface area contributed by atoms with E-state index in [0.717, 1.165) is 5.75 Å². The Bertz CT molecular complexity index is 342. The summed E-state index contributed by atoms with van der Waals surface area (Å²) in [5, 5.41) is 11.6. The van der Waals surface area contributed by atoms with Crippen molar-refractivity contribution in [1.29, 1.82) is 0 Å². The molecule has 1 aliphatic heterocycles. The number of hydrogen-bond acceptors (Lipinski definition) is 3. The molecule has 0 aromatic heterocycles. The first-order chi connectivity index (χ1) is 8.11. The molecule has 0 atom stereocenters. The van der Waals surface area contributed by atoms with E-state index in [9.17, 15) is 9.59 Å². The second-order valence-electron chi connectivity index (χ2n) is 5.91. The summed E-state index contributed by atoms with van der Waals surface area (Å²) in [6.07, 6.45) is -0.0786. The fraction of sp³-hybridized carbons (Fsp3) is 0.833. The van der Waals surface area contributed by atoms with Crippen LogP contribution in [0, 0.1) is 0 Å². The molecule has 0 aliphatic carbocycles. The average molecular weight is 274 g/mol. The summed E-state index contributed by atoms with van der Waals surface area (Å²) in [6, 6.07) is -0.172. The Kier molecular flexibility index (Phi) is 4.53. The van der Waals surface area contributed by atoms with E-state index in [1.807, 2.05) is 11.8 Å². The lowest BCUT2D eigenvalue weighted by Crippen LogP contribution is -2.55. The lowest BCUT2D eigenvalue weighted by atomic mass is 10.0. The van der Waals surface area contributed by atoms with Gasteiger partial charge in [0.25, 0.3) is 0 Å². The predicted molar refractivity (Wildman–Crippen MR) is 73.0 cm³/mol. The summed E-state index contributed by atoms with van der Waals surface area (Å²) in [7, 11) is 0. The molecule has 1 aliphatic rings. The summed E-state index contributed by atoms with van der Waals surface area (Å²) in [4.78, 5) is 24.6. The molecule has 0 bridgehead atoms. The quantitative estimate of drug-likeness (QED) is 0.823. The molecule has 0 spiro atoms. The second kappa shape index (κ2) is 5.38. The SMILES string of the molecule is CC(C)(CC(=O)O)NC(=O)N1CCSC(C)(C)C1. The summed E-state index contributed by atoms with van der Waals surface area (Å²) in [6.45, 7) is 9.07. The van der Waals surface area contributed by atoms with Crippen molar-refractivity contribution in [3.8, 4) is 0 Å². The molecular formula is C12H22N2O3S. The Morgan fingerprint density at radius 2 is 2.06 bits per heavy atom. The first kappa shape index (κ1) is 15.1. The summed E-state index contributed by atoms with van der Waals surface area (Å²) in [5.74, 6) is 0.00888. The minimum atomic E-state index is -0.908. The first-order valence-electron chi connectivity index (χ1n) is 6.04. The van der Waals surface area contributed by atoms with Gasteiger partial charge in [0.15, 0.2) is 0 Å². The number of amides is 2. The maximum absolute atomic E-state index is 12.1. The Hall–Kier alpha value is -0.910. The normalized spacial score (nSPS) is 19.4. The fourth-order valence-corrected chi connectivity index (χ4v) is 3.09. The van der Waals surface area contributed by atoms with Gasteiger partial charge in [0, 0.05) is 29.1 Å². The van der Waals surface area contributed by atoms with E-state index in [1.165, 1.54) is 0 Å². The van der Waals surface area contributed by atoms with Gasteiger partial charge >= 0.3 is 12.0 Å². The number of thioether (sulfide) groups is 1. The Balaban J connectivity index is 2.57. The van der Waals surface area contributed by atoms with Crippen LogP contribution in [0.25, 0.3) is 0 Å². The van der Waals surface area contributed by atoms with Crippen molar-refractivity contribution in [3.05, 3.63) is 0 Å². The van der Waals surface area contributed by atoms with E-state index < -0.39 is 11.5 Å². The monoisotopic (exact) mass is 274 g/mol. The number of carboxylic acids is 1. The smallest absolute Gasteiger partial charge is 0.317 e. The zero-order valence-corrected chi connectivity index (χ0v) is 12.3. The number of aliphatic carboxylic acids is 1. The van der Waals surface area contributed by atoms with Gasteiger partial charge in [-0.3, -0.25) is 4.79 Å². The maximum atomic E-state index is 12.1. The molecule has 1 rings (SSSR count). The van der Waals surface area contributed by atoms with E-state index in [-0.39, 0.29) is 17.2 Å². The van der Waals surface area contributed by atoms with Crippen LogP contribution in [0.15, 0.2) is 0 Å². The van der Waals surface area contributed by atoms with Gasteiger partial charge in [0.1, 0.15) is 0 Å². The summed E-state index contributed by atoms with van der Waals surface area (Å²) >= 11 is 1.85. The molecule has 6 heteroatoms. The number of urea groups is 1. The predicted octanol–water partition coefficient (Wildman–Crippen LogP) is 1.78. The minimum absolute atomic E-state index is 0.0620. The zero-order chi connectivity index (χ0) is 14.0. The molecule has 2 amide bonds. The number of rotatable bonds is 3. The average Bonchev–Trinajstić information content (AvgIpc) is 2.12. The van der Waals surface area contributed by atoms with Gasteiger partial charge in [-0.05, 0) is 27.7 Å². The van der Waals surface area contributed by atoms with Crippen LogP contribution in [0.5, 0.6) is 0 Å². The van der Waals surface area contributed by atoms with Crippen molar-refractivity contribution < 1.29 is 14.7 Å². The van der Waals surface area contributed by atoms with E-state index in [0.29, 0.717) is 13.1 Å². The molecular weight excluding hydrogens is 252 g/mol. The molecule has 0 saturated carbocycles. The molecule has 1 saturated heterocycles. The molecule has 0 aromatic carbocycles. The van der Waals surface area contributed by atoms with Crippen LogP contribution in [0.1, 0.15) is 34.1 Å². The van der Waals surface area contributed by atoms with Gasteiger partial charge in [0.05, 0.1) is 6.42 Å². The molecule has 1 fully saturated rings. The molecule has 104 valence electrons. The zero-order valence-electron chi connectivity index (χ0n) is 11.4. The molecule has 2 N–H and O–H groups in total. The Labute approximate surface area is 112 Å². The number of carbonyl (C=O) groups is 2. The molecule has 5 nitrogen and oxygen atoms in total. The highest BCUT2D eigenvalue weighted by Crippen LogP contribution is 2.29. The first-order valence-corrected chi connectivity index (χ1v) is 7.03. The molecule has 0 aromatic rings. The van der Waals surface area contributed by atoms with Gasteiger partial charge in [0.2, 0.25) is 0 Å². The van der Waals surface area contributed by atoms with Crippen molar-refractivity contribution in [2.24, 2.45) is 0 Å². The number of nitrogens with zero attached hydrogens (tertiary/aromatic N) is 1. The van der Waals surface area contributed by atoms with Crippen LogP contribution in [0.2, 0.25) is 0 Å². The lowest BCUT2D eigenvalue weighted by Gasteiger charge is -2.39. The largest absolute Gasteiger partial charge is 0.481 e. The van der Waals surface area contributed by atoms with Crippen molar-refractivity contribution in [1.82, 2.24) is 10.2 Å². The molecule has 18 heavy (non-hydrogen) atoms. The molecule has 1 heterocycles. The van der Waals surface area contributed by atoms with Gasteiger partial charge < -0.3 is 15.3 Å². The van der Waals surface area contributed by atoms with Crippen molar-refractivity contribution in [3.63, 3.8) is 0 Å². The van der Waals surface area contributed by atoms with E-state index in [4.69, 9.17) is 5.11 Å². The van der Waals surface area contributed by atoms with Gasteiger partial charge in [-0.2, -0.15) is 11.8 Å². The van der Waals surface area contributed by atoms with Crippen LogP contribution in [0.4, 0.5) is 4.79 Å². The van der Waals surface area contributed by atoms with Crippen molar-refractivity contribution >= 4 is 23.8 Å². The number of hydrogen-bond donors (Lipinski definition) is 2. The number of carboxylic acid groups (broad SMARTS) is 1. The van der Waals surface area contributed by atoms with E-state index in [1.54, 1.807) is 18.7 Å². The highest BCUT2D eigenvalue weighted by atomic mass is 32.2. The third-order valence-corrected chi connectivity index (χ3v) is 4.05. The second-order valence-corrected chi connectivity index (χ2v) is 7.72. The van der Waals surface area contributed by atoms with Crippen LogP contribution >= 0.6 is 11.8 Å². The van der Waals surface area contributed by atoms with E-state index >= 15 is 0 Å². The summed E-state index contributed by atoms with van der Waals surface area (Å²) < 4.78 is 0.0620. The third kappa shape index (κ3) is 4.76. The summed E-state index contributed by atoms with van der Waals surface area (Å²) in [5.41, 5.74) is -0.725. The Morgan fingerprint density at radius 3 is 2.56 bits per heavy atom. The Morgan fingerprint density at radius 1 is 1.44 bits per heavy atom. The van der Waals surface area contributed by atoms with Gasteiger partial charge in [-0.15, -0.1) is 0 Å². The van der Waals surface area contributed by atoms with Crippen LogP contribution < -0.4 is 5.32 Å². The lowest BCUT2D eigenvalue weighted by molar-refractivity contribution is -0.138. The standard InChI is InChI=1S/C12H22N2O3S/c1-11(2,7-9(15)16)13-10(17)14-5-6-18-12(3,4)8-14/h5-8H2,1-4H3,(H,13,17)(H,15,16). The van der Waals surface area contributed by atoms with Crippen molar-refractivity contribution in [2.45, 2.75) is 44.4 Å². The number of carbonyl (C=O) groups excluding carboxylic acids is 1. The van der Waals surface area contributed by atoms with Crippen LogP contribution in [0.3, 0.4) is 0 Å². The topological polar surface area (TPSA) is 69.6 Å². The highest BCUT2D eigenvalue weighted by Gasteiger charge is 2.32.